The van der Waals surface area contributed by atoms with E-state index in [9.17, 15) is 0 Å². The molecule has 0 amide bonds. The van der Waals surface area contributed by atoms with Crippen molar-refractivity contribution in [1.29, 1.82) is 0 Å². The number of rotatable bonds is 9. The average molecular weight is 376 g/mol. The third kappa shape index (κ3) is 7.01. The monoisotopic (exact) mass is 375 g/mol. The molecule has 0 saturated carbocycles. The first-order valence-electron chi connectivity index (χ1n) is 10.4. The third-order valence-corrected chi connectivity index (χ3v) is 5.22. The van der Waals surface area contributed by atoms with Gasteiger partial charge in [0.25, 0.3) is 0 Å². The number of ether oxygens (including phenoxy) is 1. The summed E-state index contributed by atoms with van der Waals surface area (Å²) in [5.74, 6) is 2.78. The molecule has 0 aromatic carbocycles. The number of hydrogen-bond donors (Lipinski definition) is 1. The molecule has 0 unspecified atom stereocenters. The topological polar surface area (TPSA) is 53.0 Å². The molecule has 1 fully saturated rings. The fourth-order valence-electron chi connectivity index (χ4n) is 3.40. The van der Waals surface area contributed by atoms with Gasteiger partial charge in [0.1, 0.15) is 5.82 Å². The summed E-state index contributed by atoms with van der Waals surface area (Å²) in [5, 5.41) is 3.41. The molecule has 6 nitrogen and oxygen atoms in total. The second kappa shape index (κ2) is 11.8. The van der Waals surface area contributed by atoms with Crippen LogP contribution in [0, 0.1) is 5.92 Å². The largest absolute Gasteiger partial charge is 0.381 e. The van der Waals surface area contributed by atoms with Gasteiger partial charge in [0.15, 0.2) is 5.96 Å². The maximum atomic E-state index is 5.46. The second-order valence-corrected chi connectivity index (χ2v) is 7.13. The summed E-state index contributed by atoms with van der Waals surface area (Å²) in [6, 6.07) is 4.23. The van der Waals surface area contributed by atoms with Gasteiger partial charge in [-0.05, 0) is 57.6 Å². The Morgan fingerprint density at radius 3 is 2.56 bits per heavy atom. The van der Waals surface area contributed by atoms with Crippen LogP contribution in [-0.2, 0) is 11.3 Å². The molecule has 152 valence electrons. The SMILES string of the molecule is CCNC(=NCc1ccc(N(CC)CC)nc1)N(C)CCC1CCOCC1. The standard InChI is InChI=1S/C21H37N5O/c1-5-22-21(25(4)13-10-18-11-14-27-15-12-18)24-17-19-8-9-20(23-16-19)26(6-2)7-3/h8-9,16,18H,5-7,10-15,17H2,1-4H3,(H,22,24). The molecule has 0 radical (unpaired) electrons. The van der Waals surface area contributed by atoms with Crippen molar-refractivity contribution in [2.24, 2.45) is 10.9 Å². The van der Waals surface area contributed by atoms with E-state index in [1.54, 1.807) is 0 Å². The number of anilines is 1. The van der Waals surface area contributed by atoms with Gasteiger partial charge >= 0.3 is 0 Å². The fourth-order valence-corrected chi connectivity index (χ4v) is 3.40. The highest BCUT2D eigenvalue weighted by Crippen LogP contribution is 2.18. The second-order valence-electron chi connectivity index (χ2n) is 7.13. The van der Waals surface area contributed by atoms with Crippen LogP contribution in [0.15, 0.2) is 23.3 Å². The van der Waals surface area contributed by atoms with Gasteiger partial charge in [0.05, 0.1) is 6.54 Å². The Kier molecular flexibility index (Phi) is 9.39. The zero-order chi connectivity index (χ0) is 19.5. The van der Waals surface area contributed by atoms with Gasteiger partial charge in [-0.25, -0.2) is 9.98 Å². The van der Waals surface area contributed by atoms with E-state index in [1.807, 2.05) is 6.20 Å². The molecule has 0 atom stereocenters. The summed E-state index contributed by atoms with van der Waals surface area (Å²) in [6.45, 7) is 12.8. The highest BCUT2D eigenvalue weighted by Gasteiger charge is 2.15. The maximum absolute atomic E-state index is 5.46. The number of nitrogens with one attached hydrogen (secondary N) is 1. The van der Waals surface area contributed by atoms with Gasteiger partial charge in [0, 0.05) is 52.6 Å². The van der Waals surface area contributed by atoms with E-state index in [1.165, 1.54) is 19.3 Å². The Morgan fingerprint density at radius 1 is 1.22 bits per heavy atom. The number of nitrogens with zero attached hydrogens (tertiary/aromatic N) is 4. The summed E-state index contributed by atoms with van der Waals surface area (Å²) in [4.78, 5) is 13.9. The van der Waals surface area contributed by atoms with Crippen molar-refractivity contribution in [2.45, 2.75) is 46.6 Å². The van der Waals surface area contributed by atoms with Crippen LogP contribution in [0.4, 0.5) is 5.82 Å². The predicted molar refractivity (Wildman–Crippen MR) is 113 cm³/mol. The van der Waals surface area contributed by atoms with E-state index in [4.69, 9.17) is 9.73 Å². The van der Waals surface area contributed by atoms with Gasteiger partial charge in [-0.3, -0.25) is 0 Å². The average Bonchev–Trinajstić information content (AvgIpc) is 2.72. The van der Waals surface area contributed by atoms with Gasteiger partial charge < -0.3 is 19.9 Å². The molecule has 2 rings (SSSR count). The molecule has 1 aromatic heterocycles. The Hall–Kier alpha value is -1.82. The Balaban J connectivity index is 1.91. The summed E-state index contributed by atoms with van der Waals surface area (Å²) in [5.41, 5.74) is 1.14. The van der Waals surface area contributed by atoms with E-state index in [2.05, 4.69) is 60.1 Å². The van der Waals surface area contributed by atoms with E-state index in [0.717, 1.165) is 62.7 Å². The zero-order valence-corrected chi connectivity index (χ0v) is 17.6. The number of aromatic nitrogens is 1. The van der Waals surface area contributed by atoms with Crippen molar-refractivity contribution >= 4 is 11.8 Å². The molecule has 6 heteroatoms. The molecule has 1 saturated heterocycles. The molecule has 0 aliphatic carbocycles. The smallest absolute Gasteiger partial charge is 0.193 e. The fraction of sp³-hybridized carbons (Fsp3) is 0.714. The van der Waals surface area contributed by atoms with Crippen LogP contribution in [0.5, 0.6) is 0 Å². The molecule has 1 aromatic rings. The molecular weight excluding hydrogens is 338 g/mol. The van der Waals surface area contributed by atoms with E-state index < -0.39 is 0 Å². The molecule has 1 aliphatic heterocycles. The van der Waals surface area contributed by atoms with Crippen LogP contribution in [-0.4, -0.2) is 62.3 Å². The third-order valence-electron chi connectivity index (χ3n) is 5.22. The first-order valence-corrected chi connectivity index (χ1v) is 10.4. The molecule has 1 N–H and O–H groups in total. The summed E-state index contributed by atoms with van der Waals surface area (Å²) < 4.78 is 5.46. The van der Waals surface area contributed by atoms with E-state index >= 15 is 0 Å². The summed E-state index contributed by atoms with van der Waals surface area (Å²) in [6.07, 6.45) is 5.52. The lowest BCUT2D eigenvalue weighted by atomic mass is 9.96. The predicted octanol–water partition coefficient (Wildman–Crippen LogP) is 3.14. The van der Waals surface area contributed by atoms with Crippen LogP contribution in [0.3, 0.4) is 0 Å². The molecule has 0 spiro atoms. The van der Waals surface area contributed by atoms with E-state index in [-0.39, 0.29) is 0 Å². The highest BCUT2D eigenvalue weighted by atomic mass is 16.5. The van der Waals surface area contributed by atoms with Crippen LogP contribution in [0.25, 0.3) is 0 Å². The highest BCUT2D eigenvalue weighted by molar-refractivity contribution is 5.79. The van der Waals surface area contributed by atoms with Crippen LogP contribution < -0.4 is 10.2 Å². The molecule has 27 heavy (non-hydrogen) atoms. The first-order chi connectivity index (χ1) is 13.2. The van der Waals surface area contributed by atoms with Crippen molar-refractivity contribution in [2.75, 3.05) is 51.3 Å². The van der Waals surface area contributed by atoms with Crippen molar-refractivity contribution in [3.8, 4) is 0 Å². The Morgan fingerprint density at radius 2 is 1.96 bits per heavy atom. The van der Waals surface area contributed by atoms with Gasteiger partial charge in [-0.1, -0.05) is 6.07 Å². The number of hydrogen-bond acceptors (Lipinski definition) is 4. The Labute approximate surface area is 165 Å². The first kappa shape index (κ1) is 21.5. The summed E-state index contributed by atoms with van der Waals surface area (Å²) in [7, 11) is 2.13. The lowest BCUT2D eigenvalue weighted by molar-refractivity contribution is 0.0625. The van der Waals surface area contributed by atoms with Crippen LogP contribution >= 0.6 is 0 Å². The minimum atomic E-state index is 0.648. The van der Waals surface area contributed by atoms with Crippen molar-refractivity contribution in [1.82, 2.24) is 15.2 Å². The molecule has 2 heterocycles. The van der Waals surface area contributed by atoms with Crippen molar-refractivity contribution < 1.29 is 4.74 Å². The van der Waals surface area contributed by atoms with Crippen LogP contribution in [0.2, 0.25) is 0 Å². The molecule has 1 aliphatic rings. The van der Waals surface area contributed by atoms with Gasteiger partial charge in [0.2, 0.25) is 0 Å². The zero-order valence-electron chi connectivity index (χ0n) is 17.6. The number of aliphatic imine (C=N–C) groups is 1. The van der Waals surface area contributed by atoms with Gasteiger partial charge in [-0.2, -0.15) is 0 Å². The quantitative estimate of drug-likeness (QED) is 0.531. The minimum Gasteiger partial charge on any atom is -0.381 e. The van der Waals surface area contributed by atoms with Crippen molar-refractivity contribution in [3.05, 3.63) is 23.9 Å². The molecular formula is C21H37N5O. The van der Waals surface area contributed by atoms with Crippen LogP contribution in [0.1, 0.15) is 45.6 Å². The molecule has 0 bridgehead atoms. The number of pyridine rings is 1. The lowest BCUT2D eigenvalue weighted by Gasteiger charge is -2.26. The minimum absolute atomic E-state index is 0.648. The number of guanidine groups is 1. The summed E-state index contributed by atoms with van der Waals surface area (Å²) >= 11 is 0. The lowest BCUT2D eigenvalue weighted by Crippen LogP contribution is -2.40. The van der Waals surface area contributed by atoms with Crippen molar-refractivity contribution in [3.63, 3.8) is 0 Å². The Bertz CT molecular complexity index is 550. The van der Waals surface area contributed by atoms with Gasteiger partial charge in [-0.15, -0.1) is 0 Å². The van der Waals surface area contributed by atoms with E-state index in [0.29, 0.717) is 6.54 Å². The maximum Gasteiger partial charge on any atom is 0.193 e. The normalized spacial score (nSPS) is 15.6.